The van der Waals surface area contributed by atoms with Gasteiger partial charge in [-0.25, -0.2) is 4.99 Å². The van der Waals surface area contributed by atoms with Crippen molar-refractivity contribution >= 4 is 35.8 Å². The Balaban J connectivity index is 0.00000484. The molecule has 0 aromatic heterocycles. The van der Waals surface area contributed by atoms with Gasteiger partial charge in [0.05, 0.1) is 6.61 Å². The lowest BCUT2D eigenvalue weighted by Gasteiger charge is -2.25. The van der Waals surface area contributed by atoms with E-state index >= 15 is 0 Å². The quantitative estimate of drug-likeness (QED) is 0.373. The number of carbonyl (C=O) groups excluding carboxylic acids is 1. The highest BCUT2D eigenvalue weighted by atomic mass is 127. The van der Waals surface area contributed by atoms with E-state index < -0.39 is 0 Å². The van der Waals surface area contributed by atoms with Gasteiger partial charge in [-0.05, 0) is 26.7 Å². The Kier molecular flexibility index (Phi) is 11.6. The highest BCUT2D eigenvalue weighted by Gasteiger charge is 2.25. The molecule has 1 amide bonds. The summed E-state index contributed by atoms with van der Waals surface area (Å²) < 4.78 is 5.53. The fourth-order valence-electron chi connectivity index (χ4n) is 2.29. The molecule has 1 fully saturated rings. The van der Waals surface area contributed by atoms with Gasteiger partial charge in [0, 0.05) is 45.8 Å². The molecule has 1 rings (SSSR count). The van der Waals surface area contributed by atoms with Gasteiger partial charge in [-0.2, -0.15) is 0 Å². The first-order valence-corrected chi connectivity index (χ1v) is 8.31. The molecule has 23 heavy (non-hydrogen) atoms. The van der Waals surface area contributed by atoms with Crippen LogP contribution in [-0.4, -0.2) is 74.7 Å². The Morgan fingerprint density at radius 3 is 2.70 bits per heavy atom. The molecule has 2 unspecified atom stereocenters. The topological polar surface area (TPSA) is 57.2 Å². The third-order valence-corrected chi connectivity index (χ3v) is 3.99. The summed E-state index contributed by atoms with van der Waals surface area (Å²) in [4.78, 5) is 20.1. The molecule has 0 saturated carbocycles. The maximum absolute atomic E-state index is 11.8. The van der Waals surface area contributed by atoms with Crippen molar-refractivity contribution in [2.45, 2.75) is 39.7 Å². The number of guanidine groups is 1. The van der Waals surface area contributed by atoms with Gasteiger partial charge in [0.1, 0.15) is 6.54 Å². The number of nitrogens with zero attached hydrogens (tertiary/aromatic N) is 3. The van der Waals surface area contributed by atoms with Crippen LogP contribution in [0.15, 0.2) is 4.99 Å². The van der Waals surface area contributed by atoms with Crippen LogP contribution in [0.5, 0.6) is 0 Å². The van der Waals surface area contributed by atoms with Gasteiger partial charge in [-0.3, -0.25) is 4.79 Å². The van der Waals surface area contributed by atoms with Crippen LogP contribution in [0.3, 0.4) is 0 Å². The maximum atomic E-state index is 11.8. The Bertz CT molecular complexity index is 377. The van der Waals surface area contributed by atoms with Crippen LogP contribution in [0.25, 0.3) is 0 Å². The fourth-order valence-corrected chi connectivity index (χ4v) is 2.29. The van der Waals surface area contributed by atoms with Crippen LogP contribution in [-0.2, 0) is 9.53 Å². The first-order chi connectivity index (χ1) is 10.5. The van der Waals surface area contributed by atoms with Crippen molar-refractivity contribution in [3.63, 3.8) is 0 Å². The van der Waals surface area contributed by atoms with Gasteiger partial charge in [0.15, 0.2) is 5.96 Å². The second kappa shape index (κ2) is 11.9. The molecule has 0 bridgehead atoms. The zero-order chi connectivity index (χ0) is 16.5. The minimum absolute atomic E-state index is 0. The zero-order valence-electron chi connectivity index (χ0n) is 15.2. The number of amides is 1. The van der Waals surface area contributed by atoms with Gasteiger partial charge >= 0.3 is 0 Å². The normalized spacial score (nSPS) is 19.3. The van der Waals surface area contributed by atoms with Crippen LogP contribution in [0.4, 0.5) is 0 Å². The van der Waals surface area contributed by atoms with Gasteiger partial charge in [0.25, 0.3) is 0 Å². The highest BCUT2D eigenvalue weighted by molar-refractivity contribution is 14.0. The molecule has 1 aliphatic heterocycles. The van der Waals surface area contributed by atoms with E-state index in [4.69, 9.17) is 4.74 Å². The Labute approximate surface area is 158 Å². The molecule has 136 valence electrons. The number of rotatable bonds is 7. The number of hydrogen-bond acceptors (Lipinski definition) is 3. The summed E-state index contributed by atoms with van der Waals surface area (Å²) >= 11 is 0. The van der Waals surface area contributed by atoms with Gasteiger partial charge in [0.2, 0.25) is 5.91 Å². The Morgan fingerprint density at radius 2 is 2.13 bits per heavy atom. The summed E-state index contributed by atoms with van der Waals surface area (Å²) in [5.74, 6) is 1.42. The molecule has 2 atom stereocenters. The largest absolute Gasteiger partial charge is 0.381 e. The molecule has 1 heterocycles. The molecule has 0 spiro atoms. The first kappa shape index (κ1) is 22.4. The average Bonchev–Trinajstić information content (AvgIpc) is 2.97. The maximum Gasteiger partial charge on any atom is 0.243 e. The number of likely N-dealkylation sites (N-methyl/N-ethyl adjacent to an activating group) is 1. The SMILES string of the molecule is CCOCC1CCN(C(=NCC(=O)N(C)C)NC(C)CC)C1.I. The van der Waals surface area contributed by atoms with E-state index in [-0.39, 0.29) is 36.4 Å². The number of carbonyl (C=O) groups is 1. The van der Waals surface area contributed by atoms with Crippen LogP contribution >= 0.6 is 24.0 Å². The summed E-state index contributed by atoms with van der Waals surface area (Å²) in [7, 11) is 3.52. The lowest BCUT2D eigenvalue weighted by atomic mass is 10.1. The molecule has 0 aliphatic carbocycles. The molecule has 7 heteroatoms. The second-order valence-electron chi connectivity index (χ2n) is 6.14. The molecule has 1 saturated heterocycles. The molecular weight excluding hydrogens is 407 g/mol. The number of ether oxygens (including phenoxy) is 1. The van der Waals surface area contributed by atoms with Crippen LogP contribution in [0, 0.1) is 5.92 Å². The van der Waals surface area contributed by atoms with Crippen molar-refractivity contribution in [3.05, 3.63) is 0 Å². The molecule has 0 radical (unpaired) electrons. The predicted octanol–water partition coefficient (Wildman–Crippen LogP) is 1.80. The second-order valence-corrected chi connectivity index (χ2v) is 6.14. The Morgan fingerprint density at radius 1 is 1.43 bits per heavy atom. The molecule has 6 nitrogen and oxygen atoms in total. The zero-order valence-corrected chi connectivity index (χ0v) is 17.5. The third kappa shape index (κ3) is 8.19. The van der Waals surface area contributed by atoms with E-state index in [1.165, 1.54) is 0 Å². The minimum atomic E-state index is 0. The van der Waals surface area contributed by atoms with E-state index in [1.54, 1.807) is 19.0 Å². The molecular formula is C16H33IN4O2. The highest BCUT2D eigenvalue weighted by Crippen LogP contribution is 2.17. The van der Waals surface area contributed by atoms with E-state index in [9.17, 15) is 4.79 Å². The smallest absolute Gasteiger partial charge is 0.243 e. The average molecular weight is 440 g/mol. The molecule has 0 aromatic rings. The monoisotopic (exact) mass is 440 g/mol. The van der Waals surface area contributed by atoms with Crippen LogP contribution in [0.1, 0.15) is 33.6 Å². The van der Waals surface area contributed by atoms with Crippen molar-refractivity contribution < 1.29 is 9.53 Å². The summed E-state index contributed by atoms with van der Waals surface area (Å²) in [6.45, 7) is 9.98. The van der Waals surface area contributed by atoms with E-state index in [0.29, 0.717) is 12.0 Å². The molecule has 1 N–H and O–H groups in total. The Hall–Kier alpha value is -0.570. The van der Waals surface area contributed by atoms with Gasteiger partial charge < -0.3 is 19.9 Å². The number of likely N-dealkylation sites (tertiary alicyclic amines) is 1. The number of halogens is 1. The summed E-state index contributed by atoms with van der Waals surface area (Å²) in [5, 5.41) is 3.44. The van der Waals surface area contributed by atoms with Crippen molar-refractivity contribution in [3.8, 4) is 0 Å². The van der Waals surface area contributed by atoms with Crippen molar-refractivity contribution in [1.82, 2.24) is 15.1 Å². The number of hydrogen-bond donors (Lipinski definition) is 1. The predicted molar refractivity (Wildman–Crippen MR) is 105 cm³/mol. The van der Waals surface area contributed by atoms with E-state index in [2.05, 4.69) is 29.1 Å². The summed E-state index contributed by atoms with van der Waals surface area (Å²) in [6.07, 6.45) is 2.14. The first-order valence-electron chi connectivity index (χ1n) is 8.31. The lowest BCUT2D eigenvalue weighted by molar-refractivity contribution is -0.127. The van der Waals surface area contributed by atoms with E-state index in [1.807, 2.05) is 6.92 Å². The van der Waals surface area contributed by atoms with E-state index in [0.717, 1.165) is 45.1 Å². The third-order valence-electron chi connectivity index (χ3n) is 3.99. The standard InChI is InChI=1S/C16H32N4O2.HI/c1-6-13(3)18-16(17-10-15(21)19(4)5)20-9-8-14(11-20)12-22-7-2;/h13-14H,6-12H2,1-5H3,(H,17,18);1H. The fraction of sp³-hybridized carbons (Fsp3) is 0.875. The number of aliphatic imine (C=N–C) groups is 1. The summed E-state index contributed by atoms with van der Waals surface area (Å²) in [6, 6.07) is 0.346. The minimum Gasteiger partial charge on any atom is -0.381 e. The number of nitrogens with one attached hydrogen (secondary N) is 1. The van der Waals surface area contributed by atoms with Crippen LogP contribution in [0.2, 0.25) is 0 Å². The van der Waals surface area contributed by atoms with Crippen molar-refractivity contribution in [2.75, 3.05) is 46.9 Å². The van der Waals surface area contributed by atoms with Crippen molar-refractivity contribution in [1.29, 1.82) is 0 Å². The lowest BCUT2D eigenvalue weighted by Crippen LogP contribution is -2.44. The summed E-state index contributed by atoms with van der Waals surface area (Å²) in [5.41, 5.74) is 0. The van der Waals surface area contributed by atoms with Crippen molar-refractivity contribution in [2.24, 2.45) is 10.9 Å². The van der Waals surface area contributed by atoms with Gasteiger partial charge in [-0.1, -0.05) is 6.92 Å². The van der Waals surface area contributed by atoms with Crippen LogP contribution < -0.4 is 5.32 Å². The molecule has 1 aliphatic rings. The van der Waals surface area contributed by atoms with Gasteiger partial charge in [-0.15, -0.1) is 24.0 Å². The molecule has 0 aromatic carbocycles.